The quantitative estimate of drug-likeness (QED) is 0.775. The molecule has 3 heteroatoms. The summed E-state index contributed by atoms with van der Waals surface area (Å²) in [5, 5.41) is 3.02. The van der Waals surface area contributed by atoms with Gasteiger partial charge < -0.3 is 5.32 Å². The Hall–Kier alpha value is -0.0500. The molecule has 0 spiro atoms. The number of rotatable bonds is 4. The zero-order valence-electron chi connectivity index (χ0n) is 9.05. The minimum Gasteiger partial charge on any atom is -0.355 e. The second kappa shape index (κ2) is 5.74. The van der Waals surface area contributed by atoms with Gasteiger partial charge in [-0.25, -0.2) is 0 Å². The Bertz CT molecular complexity index is 196. The van der Waals surface area contributed by atoms with Gasteiger partial charge in [0, 0.05) is 17.3 Å². The highest BCUT2D eigenvalue weighted by atomic mass is 79.9. The van der Waals surface area contributed by atoms with Gasteiger partial charge in [0.15, 0.2) is 0 Å². The van der Waals surface area contributed by atoms with Crippen LogP contribution < -0.4 is 5.32 Å². The van der Waals surface area contributed by atoms with Gasteiger partial charge in [0.25, 0.3) is 0 Å². The van der Waals surface area contributed by atoms with Gasteiger partial charge in [0.1, 0.15) is 0 Å². The van der Waals surface area contributed by atoms with Crippen molar-refractivity contribution in [3.8, 4) is 0 Å². The van der Waals surface area contributed by atoms with Crippen molar-refractivity contribution in [1.29, 1.82) is 0 Å². The van der Waals surface area contributed by atoms with E-state index >= 15 is 0 Å². The molecule has 0 saturated heterocycles. The molecule has 1 fully saturated rings. The zero-order chi connectivity index (χ0) is 10.6. The van der Waals surface area contributed by atoms with E-state index in [1.807, 2.05) is 0 Å². The molecule has 0 aromatic carbocycles. The zero-order valence-corrected chi connectivity index (χ0v) is 10.6. The van der Waals surface area contributed by atoms with Crippen LogP contribution in [0.15, 0.2) is 0 Å². The van der Waals surface area contributed by atoms with E-state index in [0.29, 0.717) is 10.7 Å². The third kappa shape index (κ3) is 3.26. The predicted molar refractivity (Wildman–Crippen MR) is 62.5 cm³/mol. The van der Waals surface area contributed by atoms with E-state index in [-0.39, 0.29) is 11.8 Å². The first kappa shape index (κ1) is 12.0. The summed E-state index contributed by atoms with van der Waals surface area (Å²) in [4.78, 5) is 12.2. The van der Waals surface area contributed by atoms with Crippen LogP contribution in [-0.2, 0) is 4.79 Å². The maximum Gasteiger partial charge on any atom is 0.223 e. The molecule has 2 nitrogen and oxygen atoms in total. The van der Waals surface area contributed by atoms with Gasteiger partial charge in [-0.3, -0.25) is 4.79 Å². The van der Waals surface area contributed by atoms with E-state index in [1.165, 1.54) is 12.8 Å². The number of amides is 1. The van der Waals surface area contributed by atoms with Crippen LogP contribution in [-0.4, -0.2) is 17.3 Å². The van der Waals surface area contributed by atoms with Gasteiger partial charge >= 0.3 is 0 Å². The highest BCUT2D eigenvalue weighted by Gasteiger charge is 2.29. The molecule has 0 aliphatic heterocycles. The fraction of sp³-hybridized carbons (Fsp3) is 0.909. The monoisotopic (exact) mass is 261 g/mol. The summed E-state index contributed by atoms with van der Waals surface area (Å²) in [7, 11) is 0. The first-order chi connectivity index (χ1) is 6.65. The van der Waals surface area contributed by atoms with Gasteiger partial charge in [0.05, 0.1) is 0 Å². The lowest BCUT2D eigenvalue weighted by Crippen LogP contribution is -2.35. The van der Waals surface area contributed by atoms with Crippen molar-refractivity contribution in [2.45, 2.75) is 44.4 Å². The van der Waals surface area contributed by atoms with Gasteiger partial charge in [0.2, 0.25) is 5.91 Å². The smallest absolute Gasteiger partial charge is 0.223 e. The molecule has 1 aliphatic carbocycles. The molecular formula is C11H20BrNO. The molecule has 3 atom stereocenters. The van der Waals surface area contributed by atoms with Crippen LogP contribution in [0.5, 0.6) is 0 Å². The van der Waals surface area contributed by atoms with Crippen LogP contribution in [0, 0.1) is 11.8 Å². The van der Waals surface area contributed by atoms with E-state index in [1.54, 1.807) is 0 Å². The summed E-state index contributed by atoms with van der Waals surface area (Å²) in [5.74, 6) is 1.10. The van der Waals surface area contributed by atoms with Crippen molar-refractivity contribution in [3.63, 3.8) is 0 Å². The normalized spacial score (nSPS) is 28.8. The lowest BCUT2D eigenvalue weighted by molar-refractivity contribution is -0.125. The van der Waals surface area contributed by atoms with Gasteiger partial charge in [-0.05, 0) is 25.2 Å². The number of nitrogens with one attached hydrogen (secondary N) is 1. The minimum absolute atomic E-state index is 0.257. The molecule has 0 aromatic rings. The Morgan fingerprint density at radius 3 is 2.79 bits per heavy atom. The van der Waals surface area contributed by atoms with Crippen LogP contribution in [0.1, 0.15) is 39.5 Å². The molecule has 0 heterocycles. The second-order valence-electron chi connectivity index (χ2n) is 4.27. The fourth-order valence-corrected chi connectivity index (χ4v) is 2.18. The number of hydrogen-bond donors (Lipinski definition) is 1. The van der Waals surface area contributed by atoms with E-state index in [2.05, 4.69) is 35.1 Å². The lowest BCUT2D eigenvalue weighted by Gasteiger charge is -2.16. The van der Waals surface area contributed by atoms with Gasteiger partial charge in [-0.15, -0.1) is 0 Å². The minimum atomic E-state index is 0.257. The summed E-state index contributed by atoms with van der Waals surface area (Å²) in [5.41, 5.74) is 0. The summed E-state index contributed by atoms with van der Waals surface area (Å²) >= 11 is 3.51. The van der Waals surface area contributed by atoms with Crippen molar-refractivity contribution < 1.29 is 4.79 Å². The summed E-state index contributed by atoms with van der Waals surface area (Å²) < 4.78 is 0. The average molecular weight is 262 g/mol. The maximum atomic E-state index is 11.7. The average Bonchev–Trinajstić information content (AvgIpc) is 2.60. The topological polar surface area (TPSA) is 29.1 Å². The molecule has 0 radical (unpaired) electrons. The number of alkyl halides is 1. The van der Waals surface area contributed by atoms with E-state index in [9.17, 15) is 4.79 Å². The molecule has 1 aliphatic rings. The van der Waals surface area contributed by atoms with Gasteiger partial charge in [-0.1, -0.05) is 36.2 Å². The Kier molecular flexibility index (Phi) is 4.93. The Balaban J connectivity index is 2.27. The van der Waals surface area contributed by atoms with Crippen LogP contribution in [0.2, 0.25) is 0 Å². The number of hydrogen-bond acceptors (Lipinski definition) is 1. The molecule has 1 amide bonds. The molecule has 1 saturated carbocycles. The number of carbonyl (C=O) groups excluding carboxylic acids is 1. The van der Waals surface area contributed by atoms with E-state index < -0.39 is 0 Å². The highest BCUT2D eigenvalue weighted by molar-refractivity contribution is 9.09. The van der Waals surface area contributed by atoms with Crippen molar-refractivity contribution in [3.05, 3.63) is 0 Å². The van der Waals surface area contributed by atoms with Crippen molar-refractivity contribution in [1.82, 2.24) is 5.32 Å². The van der Waals surface area contributed by atoms with Crippen molar-refractivity contribution >= 4 is 21.8 Å². The largest absolute Gasteiger partial charge is 0.355 e. The first-order valence-corrected chi connectivity index (χ1v) is 6.48. The van der Waals surface area contributed by atoms with E-state index in [4.69, 9.17) is 0 Å². The fourth-order valence-electron chi connectivity index (χ4n) is 2.02. The third-order valence-electron chi connectivity index (χ3n) is 3.14. The van der Waals surface area contributed by atoms with E-state index in [0.717, 1.165) is 19.4 Å². The molecule has 3 unspecified atom stereocenters. The molecule has 0 bridgehead atoms. The predicted octanol–water partition coefficient (Wildman–Crippen LogP) is 2.71. The molecule has 0 aromatic heterocycles. The Morgan fingerprint density at radius 1 is 1.57 bits per heavy atom. The lowest BCUT2D eigenvalue weighted by atomic mass is 9.97. The standard InChI is InChI=1S/C11H20BrNO/c1-3-9(12)7-13-11(14)10-6-4-5-8(10)2/h8-10H,3-7H2,1-2H3,(H,13,14). The second-order valence-corrected chi connectivity index (χ2v) is 5.56. The first-order valence-electron chi connectivity index (χ1n) is 5.57. The molecule has 1 N–H and O–H groups in total. The summed E-state index contributed by atoms with van der Waals surface area (Å²) in [6.45, 7) is 5.06. The number of carbonyl (C=O) groups is 1. The summed E-state index contributed by atoms with van der Waals surface area (Å²) in [6.07, 6.45) is 4.56. The molecular weight excluding hydrogens is 242 g/mol. The summed E-state index contributed by atoms with van der Waals surface area (Å²) in [6, 6.07) is 0. The van der Waals surface area contributed by atoms with Crippen LogP contribution in [0.3, 0.4) is 0 Å². The maximum absolute atomic E-state index is 11.7. The molecule has 82 valence electrons. The van der Waals surface area contributed by atoms with Gasteiger partial charge in [-0.2, -0.15) is 0 Å². The Morgan fingerprint density at radius 2 is 2.29 bits per heavy atom. The Labute approximate surface area is 95.0 Å². The van der Waals surface area contributed by atoms with Crippen LogP contribution >= 0.6 is 15.9 Å². The molecule has 1 rings (SSSR count). The number of halogens is 1. The molecule has 14 heavy (non-hydrogen) atoms. The third-order valence-corrected chi connectivity index (χ3v) is 4.11. The van der Waals surface area contributed by atoms with Crippen LogP contribution in [0.4, 0.5) is 0 Å². The highest BCUT2D eigenvalue weighted by Crippen LogP contribution is 2.31. The SMILES string of the molecule is CCC(Br)CNC(=O)C1CCCC1C. The van der Waals surface area contributed by atoms with Crippen molar-refractivity contribution in [2.24, 2.45) is 11.8 Å². The van der Waals surface area contributed by atoms with Crippen LogP contribution in [0.25, 0.3) is 0 Å². The van der Waals surface area contributed by atoms with Crippen molar-refractivity contribution in [2.75, 3.05) is 6.54 Å².